The van der Waals surface area contributed by atoms with Gasteiger partial charge in [0.15, 0.2) is 5.78 Å². The predicted molar refractivity (Wildman–Crippen MR) is 68.6 cm³/mol. The maximum absolute atomic E-state index is 11.4. The summed E-state index contributed by atoms with van der Waals surface area (Å²) < 4.78 is 0. The van der Waals surface area contributed by atoms with Crippen LogP contribution in [0.5, 0.6) is 0 Å². The number of hydrogen-bond donors (Lipinski definition) is 0. The van der Waals surface area contributed by atoms with E-state index < -0.39 is 0 Å². The van der Waals surface area contributed by atoms with E-state index in [0.717, 1.165) is 16.7 Å². The molecule has 0 atom stereocenters. The van der Waals surface area contributed by atoms with Crippen LogP contribution in [-0.2, 0) is 0 Å². The molecule has 0 spiro atoms. The predicted octanol–water partition coefficient (Wildman–Crippen LogP) is 3.70. The van der Waals surface area contributed by atoms with Crippen LogP contribution in [0.2, 0.25) is 0 Å². The van der Waals surface area contributed by atoms with Crippen molar-refractivity contribution < 1.29 is 4.79 Å². The Kier molecular flexibility index (Phi) is 4.65. The van der Waals surface area contributed by atoms with Crippen molar-refractivity contribution in [1.82, 2.24) is 0 Å². The molecule has 0 saturated heterocycles. The summed E-state index contributed by atoms with van der Waals surface area (Å²) in [5.41, 5.74) is 2.87. The molecule has 0 amide bonds. The van der Waals surface area contributed by atoms with Crippen molar-refractivity contribution in [2.45, 2.75) is 6.92 Å². The van der Waals surface area contributed by atoms with Crippen molar-refractivity contribution in [1.29, 1.82) is 5.26 Å². The van der Waals surface area contributed by atoms with Crippen LogP contribution in [0.3, 0.4) is 0 Å². The molecule has 0 heterocycles. The minimum atomic E-state index is 0.106. The van der Waals surface area contributed by atoms with Crippen molar-refractivity contribution in [3.05, 3.63) is 60.2 Å². The Bertz CT molecular complexity index is 515. The number of benzene rings is 2. The van der Waals surface area contributed by atoms with Crippen LogP contribution < -0.4 is 0 Å². The van der Waals surface area contributed by atoms with E-state index in [2.05, 4.69) is 6.57 Å². The van der Waals surface area contributed by atoms with Gasteiger partial charge in [0, 0.05) is 12.1 Å². The minimum Gasteiger partial charge on any atom is -0.294 e. The first kappa shape index (κ1) is 12.7. The molecule has 0 fully saturated rings. The Labute approximate surface area is 101 Å². The maximum Gasteiger partial charge on any atom is 0.160 e. The van der Waals surface area contributed by atoms with Crippen LogP contribution in [0.15, 0.2) is 54.6 Å². The Morgan fingerprint density at radius 1 is 0.941 bits per heavy atom. The number of ketones is 1. The van der Waals surface area contributed by atoms with Gasteiger partial charge < -0.3 is 0 Å². The van der Waals surface area contributed by atoms with Crippen molar-refractivity contribution in [3.63, 3.8) is 0 Å². The largest absolute Gasteiger partial charge is 0.294 e. The lowest BCUT2D eigenvalue weighted by Crippen LogP contribution is -1.95. The van der Waals surface area contributed by atoms with Gasteiger partial charge in [0.2, 0.25) is 0 Å². The topological polar surface area (TPSA) is 40.9 Å². The van der Waals surface area contributed by atoms with Crippen LogP contribution in [-0.4, -0.2) is 5.78 Å². The lowest BCUT2D eigenvalue weighted by Gasteiger charge is -2.06. The molecule has 0 unspecified atom stereocenters. The molecular weight excluding hydrogens is 210 g/mol. The Hall–Kier alpha value is -2.40. The van der Waals surface area contributed by atoms with Gasteiger partial charge in [-0.2, -0.15) is 0 Å². The highest BCUT2D eigenvalue weighted by Gasteiger charge is 2.06. The first-order valence-electron chi connectivity index (χ1n) is 5.20. The van der Waals surface area contributed by atoms with E-state index >= 15 is 0 Å². The monoisotopic (exact) mass is 223 g/mol. The average Bonchev–Trinajstić information content (AvgIpc) is 2.42. The molecule has 0 N–H and O–H groups in total. The van der Waals surface area contributed by atoms with E-state index in [1.54, 1.807) is 6.92 Å². The highest BCUT2D eigenvalue weighted by molar-refractivity contribution is 6.00. The molecule has 2 aromatic carbocycles. The van der Waals surface area contributed by atoms with E-state index in [9.17, 15) is 4.79 Å². The van der Waals surface area contributed by atoms with Gasteiger partial charge in [-0.05, 0) is 18.1 Å². The molecule has 0 saturated carbocycles. The quantitative estimate of drug-likeness (QED) is 0.728. The third-order valence-corrected chi connectivity index (χ3v) is 2.39. The number of Topliss-reactive ketones (excluding diaryl/α,β-unsaturated/α-hetero) is 1. The van der Waals surface area contributed by atoms with Crippen molar-refractivity contribution in [3.8, 4) is 17.7 Å². The van der Waals surface area contributed by atoms with E-state index in [1.807, 2.05) is 54.6 Å². The number of carbonyl (C=O) groups is 1. The smallest absolute Gasteiger partial charge is 0.160 e. The summed E-state index contributed by atoms with van der Waals surface area (Å²) in [4.78, 5) is 11.4. The SMILES string of the molecule is C#N.CC(=O)c1ccccc1-c1ccccc1. The molecule has 0 bridgehead atoms. The van der Waals surface area contributed by atoms with Gasteiger partial charge in [0.05, 0.1) is 0 Å². The third kappa shape index (κ3) is 3.02. The van der Waals surface area contributed by atoms with Gasteiger partial charge in [-0.25, -0.2) is 5.26 Å². The average molecular weight is 223 g/mol. The van der Waals surface area contributed by atoms with E-state index in [1.165, 1.54) is 0 Å². The summed E-state index contributed by atoms with van der Waals surface area (Å²) >= 11 is 0. The number of rotatable bonds is 2. The van der Waals surface area contributed by atoms with Gasteiger partial charge in [-0.3, -0.25) is 4.79 Å². The zero-order valence-corrected chi connectivity index (χ0v) is 9.63. The number of carbonyl (C=O) groups excluding carboxylic acids is 1. The molecule has 0 aliphatic heterocycles. The maximum atomic E-state index is 11.4. The second-order valence-corrected chi connectivity index (χ2v) is 3.47. The third-order valence-electron chi connectivity index (χ3n) is 2.39. The molecule has 2 nitrogen and oxygen atoms in total. The van der Waals surface area contributed by atoms with Crippen molar-refractivity contribution >= 4 is 5.78 Å². The van der Waals surface area contributed by atoms with Crippen molar-refractivity contribution in [2.75, 3.05) is 0 Å². The highest BCUT2D eigenvalue weighted by Crippen LogP contribution is 2.23. The molecule has 2 heteroatoms. The molecular formula is C15H13NO. The summed E-state index contributed by atoms with van der Waals surface area (Å²) in [6.45, 7) is 5.10. The molecule has 17 heavy (non-hydrogen) atoms. The van der Waals surface area contributed by atoms with E-state index in [-0.39, 0.29) is 5.78 Å². The van der Waals surface area contributed by atoms with Gasteiger partial charge in [0.25, 0.3) is 0 Å². The van der Waals surface area contributed by atoms with E-state index in [0.29, 0.717) is 0 Å². The van der Waals surface area contributed by atoms with Crippen LogP contribution in [0.1, 0.15) is 17.3 Å². The Morgan fingerprint density at radius 3 is 2.06 bits per heavy atom. The van der Waals surface area contributed by atoms with Crippen LogP contribution in [0.25, 0.3) is 11.1 Å². The summed E-state index contributed by atoms with van der Waals surface area (Å²) in [7, 11) is 0. The number of hydrogen-bond acceptors (Lipinski definition) is 2. The molecule has 0 radical (unpaired) electrons. The summed E-state index contributed by atoms with van der Waals surface area (Å²) in [5.74, 6) is 0.106. The highest BCUT2D eigenvalue weighted by atomic mass is 16.1. The van der Waals surface area contributed by atoms with Crippen molar-refractivity contribution in [2.24, 2.45) is 0 Å². The first-order valence-corrected chi connectivity index (χ1v) is 5.20. The van der Waals surface area contributed by atoms with Gasteiger partial charge in [0.1, 0.15) is 0 Å². The molecule has 2 rings (SSSR count). The molecule has 0 aliphatic rings. The van der Waals surface area contributed by atoms with E-state index in [4.69, 9.17) is 5.26 Å². The molecule has 84 valence electrons. The van der Waals surface area contributed by atoms with Crippen LogP contribution in [0, 0.1) is 11.8 Å². The van der Waals surface area contributed by atoms with Crippen LogP contribution in [0.4, 0.5) is 0 Å². The first-order chi connectivity index (χ1) is 8.29. The second kappa shape index (κ2) is 6.24. The van der Waals surface area contributed by atoms with Crippen LogP contribution >= 0.6 is 0 Å². The normalized spacial score (nSPS) is 8.88. The second-order valence-electron chi connectivity index (χ2n) is 3.47. The standard InChI is InChI=1S/C14H12O.CHN/c1-11(15)13-9-5-6-10-14(13)12-7-3-2-4-8-12;1-2/h2-10H,1H3;1H. The summed E-state index contributed by atoms with van der Waals surface area (Å²) in [5, 5.41) is 6.50. The lowest BCUT2D eigenvalue weighted by molar-refractivity contribution is 0.101. The fourth-order valence-electron chi connectivity index (χ4n) is 1.66. The summed E-state index contributed by atoms with van der Waals surface area (Å²) in [6, 6.07) is 17.6. The number of nitrogens with zero attached hydrogens (tertiary/aromatic N) is 1. The lowest BCUT2D eigenvalue weighted by atomic mass is 9.98. The Balaban J connectivity index is 0.000000686. The Morgan fingerprint density at radius 2 is 1.47 bits per heavy atom. The molecule has 2 aromatic rings. The zero-order chi connectivity index (χ0) is 12.7. The zero-order valence-electron chi connectivity index (χ0n) is 9.63. The summed E-state index contributed by atoms with van der Waals surface area (Å²) in [6.07, 6.45) is 0. The van der Waals surface area contributed by atoms with Gasteiger partial charge >= 0.3 is 0 Å². The van der Waals surface area contributed by atoms with Gasteiger partial charge in [-0.15, -0.1) is 0 Å². The number of nitriles is 1. The molecule has 0 aliphatic carbocycles. The minimum absolute atomic E-state index is 0.106. The fraction of sp³-hybridized carbons (Fsp3) is 0.0667. The molecule has 0 aromatic heterocycles. The fourth-order valence-corrected chi connectivity index (χ4v) is 1.66. The van der Waals surface area contributed by atoms with Gasteiger partial charge in [-0.1, -0.05) is 54.6 Å².